The normalized spacial score (nSPS) is 15.4. The molecule has 0 saturated heterocycles. The van der Waals surface area contributed by atoms with Crippen molar-refractivity contribution in [1.29, 1.82) is 0 Å². The lowest BCUT2D eigenvalue weighted by Crippen LogP contribution is -1.99. The van der Waals surface area contributed by atoms with Crippen molar-refractivity contribution >= 4 is 0 Å². The summed E-state index contributed by atoms with van der Waals surface area (Å²) in [5.74, 6) is 0. The molecule has 0 unspecified atom stereocenters. The van der Waals surface area contributed by atoms with Gasteiger partial charge < -0.3 is 4.90 Å². The molecule has 1 rings (SSSR count). The molecule has 1 aliphatic rings. The van der Waals surface area contributed by atoms with E-state index in [4.69, 9.17) is 0 Å². The monoisotopic (exact) mass is 100 g/mol. The lowest BCUT2D eigenvalue weighted by atomic mass is 11.0. The maximum atomic E-state index is 2.25. The Hall–Kier alpha value is -0.0400. The second kappa shape index (κ2) is 4.13. The van der Waals surface area contributed by atoms with Crippen LogP contribution >= 0.6 is 0 Å². The molecule has 1 aliphatic carbocycles. The first-order valence-corrected chi connectivity index (χ1v) is 2.66. The van der Waals surface area contributed by atoms with Crippen LogP contribution in [0.1, 0.15) is 12.8 Å². The average Bonchev–Trinajstić information content (AvgIpc) is 2.02. The van der Waals surface area contributed by atoms with Gasteiger partial charge in [0.25, 0.3) is 0 Å². The van der Waals surface area contributed by atoms with Crippen molar-refractivity contribution in [2.75, 3.05) is 21.1 Å². The highest BCUT2D eigenvalue weighted by molar-refractivity contribution is 4.79. The van der Waals surface area contributed by atoms with Crippen LogP contribution in [0.3, 0.4) is 0 Å². The van der Waals surface area contributed by atoms with Crippen molar-refractivity contribution < 1.29 is 0 Å². The highest BCUT2D eigenvalue weighted by Crippen LogP contribution is 2.12. The molecule has 0 aromatic carbocycles. The van der Waals surface area contributed by atoms with Crippen molar-refractivity contribution in [3.05, 3.63) is 6.42 Å². The van der Waals surface area contributed by atoms with Crippen LogP contribution in [0, 0.1) is 6.42 Å². The van der Waals surface area contributed by atoms with E-state index < -0.39 is 0 Å². The lowest BCUT2D eigenvalue weighted by Gasteiger charge is -1.90. The summed E-state index contributed by atoms with van der Waals surface area (Å²) in [5, 5.41) is 0. The molecule has 1 fully saturated rings. The number of nitrogens with zero attached hydrogens (tertiary/aromatic N) is 1. The summed E-state index contributed by atoms with van der Waals surface area (Å²) >= 11 is 0. The van der Waals surface area contributed by atoms with Gasteiger partial charge in [-0.3, -0.25) is 0 Å². The quantitative estimate of drug-likeness (QED) is 0.441. The zero-order valence-electron chi connectivity index (χ0n) is 5.44. The predicted octanol–water partition coefficient (Wildman–Crippen LogP) is 1.16. The van der Waals surface area contributed by atoms with E-state index in [-0.39, 0.29) is 0 Å². The van der Waals surface area contributed by atoms with Crippen molar-refractivity contribution in [3.63, 3.8) is 0 Å². The SMILES string of the molecule is CN(C)C.[CH]1CC1. The van der Waals surface area contributed by atoms with Gasteiger partial charge in [-0.2, -0.15) is 0 Å². The average molecular weight is 100 g/mol. The fourth-order valence-electron chi connectivity index (χ4n) is 0. The van der Waals surface area contributed by atoms with Gasteiger partial charge in [-0.1, -0.05) is 0 Å². The molecule has 0 atom stereocenters. The minimum Gasteiger partial charge on any atom is -0.312 e. The molecule has 1 nitrogen and oxygen atoms in total. The summed E-state index contributed by atoms with van der Waals surface area (Å²) in [6, 6.07) is 0. The van der Waals surface area contributed by atoms with Crippen molar-refractivity contribution in [2.24, 2.45) is 0 Å². The highest BCUT2D eigenvalue weighted by atomic mass is 15.0. The first kappa shape index (κ1) is 6.96. The van der Waals surface area contributed by atoms with E-state index in [0.29, 0.717) is 0 Å². The Morgan fingerprint density at radius 1 is 1.14 bits per heavy atom. The highest BCUT2D eigenvalue weighted by Gasteiger charge is 1.95. The van der Waals surface area contributed by atoms with Crippen molar-refractivity contribution in [3.8, 4) is 0 Å². The van der Waals surface area contributed by atoms with Crippen LogP contribution in [0.2, 0.25) is 0 Å². The van der Waals surface area contributed by atoms with Crippen LogP contribution in [0.15, 0.2) is 0 Å². The molecule has 0 bridgehead atoms. The second-order valence-electron chi connectivity index (χ2n) is 2.21. The Balaban J connectivity index is 0.000000105. The minimum absolute atomic E-state index is 1.38. The summed E-state index contributed by atoms with van der Waals surface area (Å²) in [5.41, 5.74) is 0. The number of rotatable bonds is 0. The van der Waals surface area contributed by atoms with Gasteiger partial charge in [0, 0.05) is 0 Å². The molecule has 7 heavy (non-hydrogen) atoms. The van der Waals surface area contributed by atoms with Gasteiger partial charge in [0.2, 0.25) is 0 Å². The molecule has 0 amide bonds. The number of hydrogen-bond donors (Lipinski definition) is 0. The molecule has 1 saturated carbocycles. The van der Waals surface area contributed by atoms with Crippen LogP contribution in [-0.4, -0.2) is 26.0 Å². The zero-order chi connectivity index (χ0) is 5.70. The van der Waals surface area contributed by atoms with E-state index in [1.807, 2.05) is 26.0 Å². The van der Waals surface area contributed by atoms with Gasteiger partial charge in [0.15, 0.2) is 0 Å². The third kappa shape index (κ3) is 101. The molecule has 0 aromatic heterocycles. The lowest BCUT2D eigenvalue weighted by molar-refractivity contribution is 0.505. The topological polar surface area (TPSA) is 3.24 Å². The largest absolute Gasteiger partial charge is 0.312 e. The molecule has 1 heteroatoms. The third-order valence-electron chi connectivity index (χ3n) is 0.289. The molecule has 0 heterocycles. The summed E-state index contributed by atoms with van der Waals surface area (Å²) in [6.45, 7) is 0. The summed E-state index contributed by atoms with van der Waals surface area (Å²) < 4.78 is 0. The van der Waals surface area contributed by atoms with Crippen LogP contribution in [0.25, 0.3) is 0 Å². The van der Waals surface area contributed by atoms with Crippen molar-refractivity contribution in [1.82, 2.24) is 4.90 Å². The molecule has 0 aromatic rings. The molecule has 0 spiro atoms. The number of hydrogen-bond acceptors (Lipinski definition) is 1. The standard InChI is InChI=1S/C3H9N.C3H5/c1-4(2)3;1-2-3-1/h1-3H3;1H,2-3H2. The van der Waals surface area contributed by atoms with Crippen molar-refractivity contribution in [2.45, 2.75) is 12.8 Å². The summed E-state index contributed by atoms with van der Waals surface area (Å²) in [4.78, 5) is 2.00. The van der Waals surface area contributed by atoms with E-state index in [9.17, 15) is 0 Å². The van der Waals surface area contributed by atoms with E-state index in [0.717, 1.165) is 0 Å². The van der Waals surface area contributed by atoms with Gasteiger partial charge in [-0.25, -0.2) is 0 Å². The Bertz CT molecular complexity index is 25.7. The predicted molar refractivity (Wildman–Crippen MR) is 33.1 cm³/mol. The van der Waals surface area contributed by atoms with Gasteiger partial charge in [0.05, 0.1) is 0 Å². The van der Waals surface area contributed by atoms with Crippen LogP contribution in [-0.2, 0) is 0 Å². The zero-order valence-corrected chi connectivity index (χ0v) is 5.44. The summed E-state index contributed by atoms with van der Waals surface area (Å²) in [6.07, 6.45) is 5.00. The van der Waals surface area contributed by atoms with E-state index in [1.165, 1.54) is 12.8 Å². The van der Waals surface area contributed by atoms with Crippen LogP contribution < -0.4 is 0 Å². The van der Waals surface area contributed by atoms with Crippen LogP contribution in [0.5, 0.6) is 0 Å². The van der Waals surface area contributed by atoms with Gasteiger partial charge in [-0.05, 0) is 40.4 Å². The van der Waals surface area contributed by atoms with Gasteiger partial charge >= 0.3 is 0 Å². The Morgan fingerprint density at radius 2 is 1.29 bits per heavy atom. The maximum absolute atomic E-state index is 2.25. The van der Waals surface area contributed by atoms with Gasteiger partial charge in [-0.15, -0.1) is 0 Å². The van der Waals surface area contributed by atoms with Gasteiger partial charge in [0.1, 0.15) is 0 Å². The third-order valence-corrected chi connectivity index (χ3v) is 0.289. The second-order valence-corrected chi connectivity index (χ2v) is 2.21. The maximum Gasteiger partial charge on any atom is -0.0140 e. The van der Waals surface area contributed by atoms with E-state index in [1.54, 1.807) is 0 Å². The first-order chi connectivity index (χ1) is 3.23. The minimum atomic E-state index is 1.38. The Morgan fingerprint density at radius 3 is 1.29 bits per heavy atom. The van der Waals surface area contributed by atoms with E-state index in [2.05, 4.69) is 6.42 Å². The molecule has 43 valence electrons. The fraction of sp³-hybridized carbons (Fsp3) is 0.833. The molecular formula is C6H14N. The molecule has 1 radical (unpaired) electrons. The molecular weight excluding hydrogens is 86.1 g/mol. The Labute approximate surface area is 46.3 Å². The molecule has 0 aliphatic heterocycles. The summed E-state index contributed by atoms with van der Waals surface area (Å²) in [7, 11) is 6.00. The Kier molecular flexibility index (Phi) is 4.10. The fourth-order valence-corrected chi connectivity index (χ4v) is 0. The van der Waals surface area contributed by atoms with E-state index >= 15 is 0 Å². The molecule has 0 N–H and O–H groups in total. The first-order valence-electron chi connectivity index (χ1n) is 2.66. The van der Waals surface area contributed by atoms with Crippen LogP contribution in [0.4, 0.5) is 0 Å². The smallest absolute Gasteiger partial charge is 0.0140 e.